The van der Waals surface area contributed by atoms with Crippen molar-refractivity contribution in [1.29, 1.82) is 0 Å². The van der Waals surface area contributed by atoms with Gasteiger partial charge in [0.2, 0.25) is 0 Å². The average molecular weight is 250 g/mol. The molecule has 0 unspecified atom stereocenters. The van der Waals surface area contributed by atoms with E-state index in [4.69, 9.17) is 15.2 Å². The molecule has 2 N–H and O–H groups in total. The van der Waals surface area contributed by atoms with Crippen molar-refractivity contribution in [3.05, 3.63) is 29.3 Å². The summed E-state index contributed by atoms with van der Waals surface area (Å²) in [6.45, 7) is 5.07. The van der Waals surface area contributed by atoms with Gasteiger partial charge in [0.05, 0.1) is 19.8 Å². The summed E-state index contributed by atoms with van der Waals surface area (Å²) >= 11 is 0. The number of anilines is 1. The Morgan fingerprint density at radius 2 is 2.17 bits per heavy atom. The molecule has 0 fully saturated rings. The van der Waals surface area contributed by atoms with Crippen molar-refractivity contribution in [2.75, 3.05) is 45.8 Å². The summed E-state index contributed by atoms with van der Waals surface area (Å²) in [6.07, 6.45) is 1.08. The molecule has 1 aliphatic heterocycles. The fraction of sp³-hybridized carbons (Fsp3) is 0.571. The van der Waals surface area contributed by atoms with E-state index in [0.717, 1.165) is 38.3 Å². The molecule has 1 aromatic carbocycles. The number of methoxy groups -OCH3 is 1. The van der Waals surface area contributed by atoms with Crippen LogP contribution in [0.15, 0.2) is 18.2 Å². The van der Waals surface area contributed by atoms with Crippen LogP contribution < -0.4 is 5.73 Å². The number of nitrogens with two attached hydrogens (primary N) is 1. The molecule has 4 heteroatoms. The molecule has 0 spiro atoms. The summed E-state index contributed by atoms with van der Waals surface area (Å²) in [6, 6.07) is 6.20. The van der Waals surface area contributed by atoms with Crippen LogP contribution in [0.5, 0.6) is 0 Å². The van der Waals surface area contributed by atoms with Crippen LogP contribution in [0, 0.1) is 0 Å². The minimum atomic E-state index is 0.662. The van der Waals surface area contributed by atoms with E-state index >= 15 is 0 Å². The van der Waals surface area contributed by atoms with Gasteiger partial charge in [0, 0.05) is 32.4 Å². The number of benzene rings is 1. The average Bonchev–Trinajstić information content (AvgIpc) is 2.39. The SMILES string of the molecule is COCCOCCN1CCc2cccc(N)c2C1. The maximum absolute atomic E-state index is 6.02. The minimum Gasteiger partial charge on any atom is -0.398 e. The van der Waals surface area contributed by atoms with E-state index in [1.165, 1.54) is 11.1 Å². The minimum absolute atomic E-state index is 0.662. The third-order valence-corrected chi connectivity index (χ3v) is 3.37. The van der Waals surface area contributed by atoms with Crippen molar-refractivity contribution >= 4 is 5.69 Å². The third kappa shape index (κ3) is 3.45. The Balaban J connectivity index is 1.79. The summed E-state index contributed by atoms with van der Waals surface area (Å²) in [4.78, 5) is 2.39. The molecule has 2 rings (SSSR count). The maximum atomic E-state index is 6.02. The topological polar surface area (TPSA) is 47.7 Å². The molecular formula is C14H22N2O2. The Morgan fingerprint density at radius 1 is 1.28 bits per heavy atom. The largest absolute Gasteiger partial charge is 0.398 e. The van der Waals surface area contributed by atoms with E-state index in [1.807, 2.05) is 12.1 Å². The fourth-order valence-corrected chi connectivity index (χ4v) is 2.29. The normalized spacial score (nSPS) is 15.6. The lowest BCUT2D eigenvalue weighted by atomic mass is 9.98. The highest BCUT2D eigenvalue weighted by atomic mass is 16.5. The molecule has 1 aromatic rings. The first-order valence-corrected chi connectivity index (χ1v) is 6.46. The number of hydrogen-bond donors (Lipinski definition) is 1. The highest BCUT2D eigenvalue weighted by Gasteiger charge is 2.17. The number of nitrogens with zero attached hydrogens (tertiary/aromatic N) is 1. The van der Waals surface area contributed by atoms with Gasteiger partial charge in [0.15, 0.2) is 0 Å². The second-order valence-corrected chi connectivity index (χ2v) is 4.62. The van der Waals surface area contributed by atoms with Crippen LogP contribution in [0.4, 0.5) is 5.69 Å². The second kappa shape index (κ2) is 6.73. The standard InChI is InChI=1S/C14H22N2O2/c1-17-9-10-18-8-7-16-6-5-12-3-2-4-14(15)13(12)11-16/h2-4H,5-11,15H2,1H3. The first-order valence-electron chi connectivity index (χ1n) is 6.46. The molecule has 18 heavy (non-hydrogen) atoms. The number of fused-ring (bicyclic) bond motifs is 1. The van der Waals surface area contributed by atoms with Crippen LogP contribution in [-0.4, -0.2) is 44.9 Å². The van der Waals surface area contributed by atoms with Crippen LogP contribution in [0.25, 0.3) is 0 Å². The van der Waals surface area contributed by atoms with Crippen LogP contribution >= 0.6 is 0 Å². The van der Waals surface area contributed by atoms with Gasteiger partial charge in [-0.05, 0) is 23.6 Å². The molecule has 0 atom stereocenters. The van der Waals surface area contributed by atoms with Crippen molar-refractivity contribution < 1.29 is 9.47 Å². The predicted octanol–water partition coefficient (Wildman–Crippen LogP) is 1.29. The zero-order valence-corrected chi connectivity index (χ0v) is 11.0. The smallest absolute Gasteiger partial charge is 0.0700 e. The fourth-order valence-electron chi connectivity index (χ4n) is 2.29. The zero-order valence-electron chi connectivity index (χ0n) is 11.0. The molecule has 0 radical (unpaired) electrons. The van der Waals surface area contributed by atoms with Crippen LogP contribution in [0.2, 0.25) is 0 Å². The predicted molar refractivity (Wildman–Crippen MR) is 72.5 cm³/mol. The van der Waals surface area contributed by atoms with Gasteiger partial charge in [-0.1, -0.05) is 12.1 Å². The molecule has 0 saturated carbocycles. The number of ether oxygens (including phenoxy) is 2. The summed E-state index contributed by atoms with van der Waals surface area (Å²) in [5, 5.41) is 0. The molecule has 1 aliphatic rings. The van der Waals surface area contributed by atoms with Gasteiger partial charge in [0.25, 0.3) is 0 Å². The molecule has 0 saturated heterocycles. The Kier molecular flexibility index (Phi) is 4.99. The van der Waals surface area contributed by atoms with Crippen LogP contribution in [0.3, 0.4) is 0 Å². The highest BCUT2D eigenvalue weighted by Crippen LogP contribution is 2.23. The van der Waals surface area contributed by atoms with E-state index in [-0.39, 0.29) is 0 Å². The molecule has 100 valence electrons. The van der Waals surface area contributed by atoms with Gasteiger partial charge >= 0.3 is 0 Å². The number of nitrogen functional groups attached to an aromatic ring is 1. The Bertz CT molecular complexity index is 382. The molecule has 4 nitrogen and oxygen atoms in total. The van der Waals surface area contributed by atoms with Gasteiger partial charge in [0.1, 0.15) is 0 Å². The molecule has 1 heterocycles. The van der Waals surface area contributed by atoms with Gasteiger partial charge < -0.3 is 15.2 Å². The summed E-state index contributed by atoms with van der Waals surface area (Å²) in [7, 11) is 1.69. The van der Waals surface area contributed by atoms with Gasteiger partial charge in [-0.15, -0.1) is 0 Å². The van der Waals surface area contributed by atoms with E-state index in [0.29, 0.717) is 13.2 Å². The summed E-state index contributed by atoms with van der Waals surface area (Å²) in [5.74, 6) is 0. The van der Waals surface area contributed by atoms with Gasteiger partial charge in [-0.25, -0.2) is 0 Å². The number of hydrogen-bond acceptors (Lipinski definition) is 4. The second-order valence-electron chi connectivity index (χ2n) is 4.62. The summed E-state index contributed by atoms with van der Waals surface area (Å²) < 4.78 is 10.4. The summed E-state index contributed by atoms with van der Waals surface area (Å²) in [5.41, 5.74) is 9.63. The van der Waals surface area contributed by atoms with E-state index in [2.05, 4.69) is 11.0 Å². The zero-order chi connectivity index (χ0) is 12.8. The van der Waals surface area contributed by atoms with E-state index < -0.39 is 0 Å². The maximum Gasteiger partial charge on any atom is 0.0700 e. The van der Waals surface area contributed by atoms with Crippen LogP contribution in [-0.2, 0) is 22.4 Å². The first-order chi connectivity index (χ1) is 8.81. The lowest BCUT2D eigenvalue weighted by Gasteiger charge is -2.29. The molecule has 0 aliphatic carbocycles. The Morgan fingerprint density at radius 3 is 3.00 bits per heavy atom. The number of rotatable bonds is 6. The van der Waals surface area contributed by atoms with Gasteiger partial charge in [-0.2, -0.15) is 0 Å². The van der Waals surface area contributed by atoms with E-state index in [1.54, 1.807) is 7.11 Å². The van der Waals surface area contributed by atoms with Crippen molar-refractivity contribution in [2.45, 2.75) is 13.0 Å². The highest BCUT2D eigenvalue weighted by molar-refractivity contribution is 5.51. The van der Waals surface area contributed by atoms with Crippen molar-refractivity contribution in [2.24, 2.45) is 0 Å². The third-order valence-electron chi connectivity index (χ3n) is 3.37. The molecule has 0 bridgehead atoms. The molecule has 0 amide bonds. The molecular weight excluding hydrogens is 228 g/mol. The van der Waals surface area contributed by atoms with Gasteiger partial charge in [-0.3, -0.25) is 4.90 Å². The lowest BCUT2D eigenvalue weighted by Crippen LogP contribution is -2.33. The van der Waals surface area contributed by atoms with E-state index in [9.17, 15) is 0 Å². The quantitative estimate of drug-likeness (QED) is 0.610. The van der Waals surface area contributed by atoms with Crippen LogP contribution in [0.1, 0.15) is 11.1 Å². The monoisotopic (exact) mass is 250 g/mol. The van der Waals surface area contributed by atoms with Crippen molar-refractivity contribution in [1.82, 2.24) is 4.90 Å². The Hall–Kier alpha value is -1.10. The Labute approximate surface area is 109 Å². The molecule has 0 aromatic heterocycles. The first kappa shape index (κ1) is 13.3. The lowest BCUT2D eigenvalue weighted by molar-refractivity contribution is 0.0552. The van der Waals surface area contributed by atoms with Crippen molar-refractivity contribution in [3.63, 3.8) is 0 Å². The van der Waals surface area contributed by atoms with Crippen molar-refractivity contribution in [3.8, 4) is 0 Å².